The number of aliphatic hydroxyl groups is 1. The summed E-state index contributed by atoms with van der Waals surface area (Å²) in [7, 11) is 0. The van der Waals surface area contributed by atoms with Crippen LogP contribution in [0.5, 0.6) is 0 Å². The van der Waals surface area contributed by atoms with Gasteiger partial charge in [-0.3, -0.25) is 0 Å². The van der Waals surface area contributed by atoms with Crippen LogP contribution in [-0.4, -0.2) is 10.7 Å². The molecule has 80 valence electrons. The molecule has 2 rings (SSSR count). The molecular formula is C13H22O. The summed E-state index contributed by atoms with van der Waals surface area (Å²) in [4.78, 5) is 0. The van der Waals surface area contributed by atoms with E-state index in [1.807, 2.05) is 6.08 Å². The lowest BCUT2D eigenvalue weighted by atomic mass is 9.63. The first-order chi connectivity index (χ1) is 6.37. The van der Waals surface area contributed by atoms with Crippen LogP contribution in [0.4, 0.5) is 0 Å². The maximum absolute atomic E-state index is 10.7. The molecule has 14 heavy (non-hydrogen) atoms. The summed E-state index contributed by atoms with van der Waals surface area (Å²) in [6.45, 7) is 10.7. The first-order valence-corrected chi connectivity index (χ1v) is 5.71. The molecule has 1 N–H and O–H groups in total. The SMILES string of the molecule is C=CC[C@@]1(O)C[C@H]2CC[C@@]1(C)C2(C)C. The molecule has 0 aliphatic heterocycles. The van der Waals surface area contributed by atoms with Crippen LogP contribution in [0, 0.1) is 16.7 Å². The van der Waals surface area contributed by atoms with Crippen molar-refractivity contribution in [2.75, 3.05) is 0 Å². The quantitative estimate of drug-likeness (QED) is 0.670. The molecule has 0 radical (unpaired) electrons. The lowest BCUT2D eigenvalue weighted by Gasteiger charge is -2.45. The number of fused-ring (bicyclic) bond motifs is 2. The molecule has 2 bridgehead atoms. The minimum atomic E-state index is -0.485. The third-order valence-corrected chi connectivity index (χ3v) is 5.53. The zero-order chi connectivity index (χ0) is 10.6. The Morgan fingerprint density at radius 2 is 2.07 bits per heavy atom. The Balaban J connectivity index is 2.39. The molecule has 0 spiro atoms. The molecule has 1 nitrogen and oxygen atoms in total. The van der Waals surface area contributed by atoms with Crippen LogP contribution in [0.3, 0.4) is 0 Å². The van der Waals surface area contributed by atoms with E-state index < -0.39 is 5.60 Å². The molecule has 0 aromatic rings. The maximum Gasteiger partial charge on any atom is 0.0743 e. The predicted molar refractivity (Wildman–Crippen MR) is 59.0 cm³/mol. The van der Waals surface area contributed by atoms with Crippen LogP contribution in [0.1, 0.15) is 46.5 Å². The monoisotopic (exact) mass is 194 g/mol. The Hall–Kier alpha value is -0.300. The number of hydrogen-bond acceptors (Lipinski definition) is 1. The molecule has 0 heterocycles. The highest BCUT2D eigenvalue weighted by molar-refractivity contribution is 5.18. The van der Waals surface area contributed by atoms with E-state index in [9.17, 15) is 5.11 Å². The van der Waals surface area contributed by atoms with Crippen LogP contribution in [-0.2, 0) is 0 Å². The average Bonchev–Trinajstić information content (AvgIpc) is 2.36. The molecule has 3 atom stereocenters. The Morgan fingerprint density at radius 3 is 2.43 bits per heavy atom. The van der Waals surface area contributed by atoms with E-state index >= 15 is 0 Å². The van der Waals surface area contributed by atoms with Crippen molar-refractivity contribution >= 4 is 0 Å². The molecule has 0 saturated heterocycles. The highest BCUT2D eigenvalue weighted by Gasteiger charge is 2.67. The van der Waals surface area contributed by atoms with Crippen molar-refractivity contribution in [1.82, 2.24) is 0 Å². The Bertz CT molecular complexity index is 268. The van der Waals surface area contributed by atoms with E-state index in [4.69, 9.17) is 0 Å². The number of hydrogen-bond donors (Lipinski definition) is 1. The first kappa shape index (κ1) is 10.2. The van der Waals surface area contributed by atoms with Gasteiger partial charge in [0.15, 0.2) is 0 Å². The smallest absolute Gasteiger partial charge is 0.0743 e. The van der Waals surface area contributed by atoms with Gasteiger partial charge < -0.3 is 5.11 Å². The molecule has 2 fully saturated rings. The zero-order valence-corrected chi connectivity index (χ0v) is 9.64. The molecule has 0 amide bonds. The minimum Gasteiger partial charge on any atom is -0.389 e. The summed E-state index contributed by atoms with van der Waals surface area (Å²) in [5, 5.41) is 10.7. The number of rotatable bonds is 2. The molecule has 0 aromatic heterocycles. The third kappa shape index (κ3) is 0.894. The van der Waals surface area contributed by atoms with Crippen molar-refractivity contribution in [3.05, 3.63) is 12.7 Å². The topological polar surface area (TPSA) is 20.2 Å². The standard InChI is InChI=1S/C13H22O/c1-5-7-13(14)9-10-6-8-12(13,4)11(10,2)3/h5,10,14H,1,6-9H2,2-4H3/t10-,12+,13-/m1/s1. The van der Waals surface area contributed by atoms with Crippen LogP contribution < -0.4 is 0 Å². The summed E-state index contributed by atoms with van der Waals surface area (Å²) in [5.74, 6) is 0.706. The van der Waals surface area contributed by atoms with E-state index in [-0.39, 0.29) is 5.41 Å². The zero-order valence-electron chi connectivity index (χ0n) is 9.64. The molecule has 0 aromatic carbocycles. The van der Waals surface area contributed by atoms with E-state index in [0.29, 0.717) is 11.3 Å². The summed E-state index contributed by atoms with van der Waals surface area (Å²) >= 11 is 0. The van der Waals surface area contributed by atoms with Gasteiger partial charge in [0.25, 0.3) is 0 Å². The summed E-state index contributed by atoms with van der Waals surface area (Å²) < 4.78 is 0. The second-order valence-corrected chi connectivity index (χ2v) is 6.02. The Kier molecular flexibility index (Phi) is 1.92. The molecule has 0 unspecified atom stereocenters. The van der Waals surface area contributed by atoms with Gasteiger partial charge in [-0.05, 0) is 37.0 Å². The highest BCUT2D eigenvalue weighted by Crippen LogP contribution is 2.70. The lowest BCUT2D eigenvalue weighted by Crippen LogP contribution is -2.46. The Labute approximate surface area is 87.2 Å². The first-order valence-electron chi connectivity index (χ1n) is 5.71. The van der Waals surface area contributed by atoms with E-state index in [2.05, 4.69) is 27.4 Å². The Morgan fingerprint density at radius 1 is 1.43 bits per heavy atom. The van der Waals surface area contributed by atoms with Crippen molar-refractivity contribution in [3.63, 3.8) is 0 Å². The van der Waals surface area contributed by atoms with Crippen LogP contribution in [0.25, 0.3) is 0 Å². The highest BCUT2D eigenvalue weighted by atomic mass is 16.3. The second kappa shape index (κ2) is 2.63. The summed E-state index contributed by atoms with van der Waals surface area (Å²) in [6.07, 6.45) is 6.08. The van der Waals surface area contributed by atoms with Crippen molar-refractivity contribution in [2.45, 2.75) is 52.1 Å². The van der Waals surface area contributed by atoms with Gasteiger partial charge in [-0.1, -0.05) is 26.8 Å². The fourth-order valence-corrected chi connectivity index (χ4v) is 3.97. The fourth-order valence-electron chi connectivity index (χ4n) is 3.97. The fraction of sp³-hybridized carbons (Fsp3) is 0.846. The maximum atomic E-state index is 10.7. The summed E-state index contributed by atoms with van der Waals surface area (Å²) in [6, 6.07) is 0. The van der Waals surface area contributed by atoms with Crippen LogP contribution in [0.2, 0.25) is 0 Å². The molecule has 2 aliphatic carbocycles. The van der Waals surface area contributed by atoms with Crippen molar-refractivity contribution in [2.24, 2.45) is 16.7 Å². The van der Waals surface area contributed by atoms with E-state index in [1.165, 1.54) is 12.8 Å². The van der Waals surface area contributed by atoms with Gasteiger partial charge in [0.05, 0.1) is 5.60 Å². The van der Waals surface area contributed by atoms with Gasteiger partial charge >= 0.3 is 0 Å². The third-order valence-electron chi connectivity index (χ3n) is 5.53. The van der Waals surface area contributed by atoms with Crippen molar-refractivity contribution in [3.8, 4) is 0 Å². The minimum absolute atomic E-state index is 0.0961. The van der Waals surface area contributed by atoms with Crippen molar-refractivity contribution in [1.29, 1.82) is 0 Å². The predicted octanol–water partition coefficient (Wildman–Crippen LogP) is 3.14. The molecule has 2 aliphatic rings. The van der Waals surface area contributed by atoms with Gasteiger partial charge in [-0.2, -0.15) is 0 Å². The van der Waals surface area contributed by atoms with Gasteiger partial charge in [0, 0.05) is 5.41 Å². The summed E-state index contributed by atoms with van der Waals surface area (Å²) in [5.41, 5.74) is -0.0925. The van der Waals surface area contributed by atoms with Gasteiger partial charge in [-0.15, -0.1) is 6.58 Å². The van der Waals surface area contributed by atoms with Gasteiger partial charge in [0.1, 0.15) is 0 Å². The lowest BCUT2D eigenvalue weighted by molar-refractivity contribution is -0.0866. The van der Waals surface area contributed by atoms with E-state index in [0.717, 1.165) is 12.8 Å². The van der Waals surface area contributed by atoms with Gasteiger partial charge in [0.2, 0.25) is 0 Å². The molecule has 2 saturated carbocycles. The largest absolute Gasteiger partial charge is 0.389 e. The normalized spacial score (nSPS) is 49.6. The van der Waals surface area contributed by atoms with Crippen LogP contribution >= 0.6 is 0 Å². The average molecular weight is 194 g/mol. The van der Waals surface area contributed by atoms with Gasteiger partial charge in [-0.25, -0.2) is 0 Å². The second-order valence-electron chi connectivity index (χ2n) is 6.02. The van der Waals surface area contributed by atoms with Crippen molar-refractivity contribution < 1.29 is 5.11 Å². The molecule has 1 heteroatoms. The van der Waals surface area contributed by atoms with Crippen LogP contribution in [0.15, 0.2) is 12.7 Å². The molecular weight excluding hydrogens is 172 g/mol. The van der Waals surface area contributed by atoms with E-state index in [1.54, 1.807) is 0 Å².